The van der Waals surface area contributed by atoms with Gasteiger partial charge in [-0.2, -0.15) is 0 Å². The van der Waals surface area contributed by atoms with Crippen molar-refractivity contribution in [3.05, 3.63) is 72.9 Å². The minimum Gasteiger partial charge on any atom is -0.487 e. The van der Waals surface area contributed by atoms with Crippen molar-refractivity contribution in [3.8, 4) is 17.0 Å². The summed E-state index contributed by atoms with van der Waals surface area (Å²) in [6.07, 6.45) is 1.92. The maximum atomic E-state index is 11.4. The van der Waals surface area contributed by atoms with E-state index in [4.69, 9.17) is 4.74 Å². The first-order chi connectivity index (χ1) is 13.2. The zero-order chi connectivity index (χ0) is 18.6. The molecule has 1 aliphatic heterocycles. The molecule has 2 aromatic carbocycles. The number of pyridine rings is 1. The lowest BCUT2D eigenvalue weighted by Gasteiger charge is -2.40. The smallest absolute Gasteiger partial charge is 0.221 e. The van der Waals surface area contributed by atoms with E-state index in [1.165, 1.54) is 12.6 Å². The van der Waals surface area contributed by atoms with Gasteiger partial charge in [-0.3, -0.25) is 9.78 Å². The van der Waals surface area contributed by atoms with Gasteiger partial charge in [-0.1, -0.05) is 18.2 Å². The van der Waals surface area contributed by atoms with Gasteiger partial charge in [0.15, 0.2) is 0 Å². The minimum absolute atomic E-state index is 0.114. The maximum Gasteiger partial charge on any atom is 0.221 e. The monoisotopic (exact) mass is 359 g/mol. The van der Waals surface area contributed by atoms with Crippen molar-refractivity contribution in [2.24, 2.45) is 0 Å². The van der Waals surface area contributed by atoms with Crippen LogP contribution in [-0.4, -0.2) is 30.1 Å². The summed E-state index contributed by atoms with van der Waals surface area (Å²) in [6, 6.07) is 21.9. The molecule has 1 saturated heterocycles. The molecule has 1 fully saturated rings. The van der Waals surface area contributed by atoms with Crippen LogP contribution in [0.5, 0.6) is 5.75 Å². The van der Waals surface area contributed by atoms with Crippen molar-refractivity contribution in [2.75, 3.05) is 23.3 Å². The Morgan fingerprint density at radius 3 is 2.48 bits per heavy atom. The largest absolute Gasteiger partial charge is 0.487 e. The van der Waals surface area contributed by atoms with Crippen LogP contribution in [0.3, 0.4) is 0 Å². The van der Waals surface area contributed by atoms with Gasteiger partial charge in [0.2, 0.25) is 5.91 Å². The molecule has 0 spiro atoms. The second kappa shape index (κ2) is 7.50. The third-order valence-corrected chi connectivity index (χ3v) is 4.52. The normalized spacial score (nSPS) is 13.7. The van der Waals surface area contributed by atoms with Gasteiger partial charge in [0, 0.05) is 24.4 Å². The Kier molecular flexibility index (Phi) is 4.75. The minimum atomic E-state index is -0.114. The lowest BCUT2D eigenvalue weighted by Crippen LogP contribution is -2.53. The number of hydrogen-bond donors (Lipinski definition) is 1. The summed E-state index contributed by atoms with van der Waals surface area (Å²) < 4.78 is 6.06. The molecule has 136 valence electrons. The third kappa shape index (κ3) is 3.92. The maximum absolute atomic E-state index is 11.4. The van der Waals surface area contributed by atoms with Gasteiger partial charge in [0.25, 0.3) is 0 Å². The highest BCUT2D eigenvalue weighted by Crippen LogP contribution is 2.29. The van der Waals surface area contributed by atoms with E-state index in [2.05, 4.69) is 39.5 Å². The second-order valence-electron chi connectivity index (χ2n) is 6.59. The summed E-state index contributed by atoms with van der Waals surface area (Å²) in [4.78, 5) is 18.1. The van der Waals surface area contributed by atoms with Gasteiger partial charge in [0.05, 0.1) is 24.5 Å². The van der Waals surface area contributed by atoms with Gasteiger partial charge in [-0.15, -0.1) is 0 Å². The average Bonchev–Trinajstić information content (AvgIpc) is 2.66. The van der Waals surface area contributed by atoms with Crippen LogP contribution in [0.15, 0.2) is 72.9 Å². The zero-order valence-corrected chi connectivity index (χ0v) is 15.1. The first kappa shape index (κ1) is 17.1. The molecule has 0 saturated carbocycles. The summed E-state index contributed by atoms with van der Waals surface area (Å²) in [6.45, 7) is 3.27. The molecule has 27 heavy (non-hydrogen) atoms. The van der Waals surface area contributed by atoms with Crippen molar-refractivity contribution < 1.29 is 9.53 Å². The van der Waals surface area contributed by atoms with E-state index in [1.807, 2.05) is 36.4 Å². The van der Waals surface area contributed by atoms with Crippen molar-refractivity contribution in [1.82, 2.24) is 4.98 Å². The standard InChI is InChI=1S/C22H21N3O2/c1-16(26)24-21-8-5-13-23-22(21)17-9-11-19(12-10-17)27-20-14-25(15-20)18-6-3-2-4-7-18/h2-13,20H,14-15H2,1H3,(H,24,26). The Morgan fingerprint density at radius 1 is 1.04 bits per heavy atom. The summed E-state index contributed by atoms with van der Waals surface area (Å²) in [5.74, 6) is 0.727. The number of carbonyl (C=O) groups excluding carboxylic acids is 1. The topological polar surface area (TPSA) is 54.5 Å². The fourth-order valence-corrected chi connectivity index (χ4v) is 3.17. The highest BCUT2D eigenvalue weighted by Gasteiger charge is 2.28. The van der Waals surface area contributed by atoms with E-state index in [-0.39, 0.29) is 12.0 Å². The summed E-state index contributed by atoms with van der Waals surface area (Å²) in [5, 5.41) is 2.82. The molecule has 5 heteroatoms. The Morgan fingerprint density at radius 2 is 1.78 bits per heavy atom. The average molecular weight is 359 g/mol. The lowest BCUT2D eigenvalue weighted by molar-refractivity contribution is -0.114. The number of aromatic nitrogens is 1. The van der Waals surface area contributed by atoms with Crippen molar-refractivity contribution in [3.63, 3.8) is 0 Å². The quantitative estimate of drug-likeness (QED) is 0.749. The van der Waals surface area contributed by atoms with E-state index >= 15 is 0 Å². The number of nitrogens with zero attached hydrogens (tertiary/aromatic N) is 2. The fourth-order valence-electron chi connectivity index (χ4n) is 3.17. The van der Waals surface area contributed by atoms with Crippen molar-refractivity contribution in [1.29, 1.82) is 0 Å². The Hall–Kier alpha value is -3.34. The molecule has 0 atom stereocenters. The van der Waals surface area contributed by atoms with Gasteiger partial charge in [-0.05, 0) is 48.5 Å². The Labute approximate surface area is 158 Å². The van der Waals surface area contributed by atoms with Crippen LogP contribution in [0.2, 0.25) is 0 Å². The number of para-hydroxylation sites is 1. The summed E-state index contributed by atoms with van der Waals surface area (Å²) in [5.41, 5.74) is 3.62. The number of rotatable bonds is 5. The molecular weight excluding hydrogens is 338 g/mol. The number of amides is 1. The van der Waals surface area contributed by atoms with E-state index in [9.17, 15) is 4.79 Å². The number of benzene rings is 2. The predicted octanol–water partition coefficient (Wildman–Crippen LogP) is 3.97. The van der Waals surface area contributed by atoms with Crippen LogP contribution in [0.4, 0.5) is 11.4 Å². The van der Waals surface area contributed by atoms with E-state index in [0.717, 1.165) is 30.1 Å². The molecule has 1 aromatic heterocycles. The van der Waals surface area contributed by atoms with Crippen LogP contribution in [-0.2, 0) is 4.79 Å². The molecule has 4 rings (SSSR count). The van der Waals surface area contributed by atoms with Crippen LogP contribution in [0.1, 0.15) is 6.92 Å². The lowest BCUT2D eigenvalue weighted by atomic mass is 10.1. The first-order valence-corrected chi connectivity index (χ1v) is 8.99. The highest BCUT2D eigenvalue weighted by atomic mass is 16.5. The predicted molar refractivity (Wildman–Crippen MR) is 107 cm³/mol. The SMILES string of the molecule is CC(=O)Nc1cccnc1-c1ccc(OC2CN(c3ccccc3)C2)cc1. The van der Waals surface area contributed by atoms with Gasteiger partial charge in [0.1, 0.15) is 11.9 Å². The second-order valence-corrected chi connectivity index (χ2v) is 6.59. The van der Waals surface area contributed by atoms with Crippen LogP contribution in [0.25, 0.3) is 11.3 Å². The van der Waals surface area contributed by atoms with Gasteiger partial charge in [-0.25, -0.2) is 0 Å². The molecule has 2 heterocycles. The Bertz CT molecular complexity index is 920. The van der Waals surface area contributed by atoms with E-state index in [0.29, 0.717) is 5.69 Å². The van der Waals surface area contributed by atoms with Crippen LogP contribution < -0.4 is 15.0 Å². The van der Waals surface area contributed by atoms with Crippen LogP contribution in [0, 0.1) is 0 Å². The molecule has 0 aliphatic carbocycles. The van der Waals surface area contributed by atoms with Crippen LogP contribution >= 0.6 is 0 Å². The number of hydrogen-bond acceptors (Lipinski definition) is 4. The first-order valence-electron chi connectivity index (χ1n) is 8.99. The molecule has 0 radical (unpaired) electrons. The van der Waals surface area contributed by atoms with E-state index in [1.54, 1.807) is 12.3 Å². The zero-order valence-electron chi connectivity index (χ0n) is 15.1. The van der Waals surface area contributed by atoms with Gasteiger partial charge < -0.3 is 15.0 Å². The molecule has 1 aliphatic rings. The molecule has 5 nitrogen and oxygen atoms in total. The Balaban J connectivity index is 1.40. The number of nitrogens with one attached hydrogen (secondary N) is 1. The highest BCUT2D eigenvalue weighted by molar-refractivity contribution is 5.93. The number of anilines is 2. The number of carbonyl (C=O) groups is 1. The van der Waals surface area contributed by atoms with Gasteiger partial charge >= 0.3 is 0 Å². The fraction of sp³-hybridized carbons (Fsp3) is 0.182. The molecule has 3 aromatic rings. The summed E-state index contributed by atoms with van der Waals surface area (Å²) in [7, 11) is 0. The molecule has 1 N–H and O–H groups in total. The third-order valence-electron chi connectivity index (χ3n) is 4.52. The van der Waals surface area contributed by atoms with Crippen molar-refractivity contribution in [2.45, 2.75) is 13.0 Å². The molecule has 1 amide bonds. The summed E-state index contributed by atoms with van der Waals surface area (Å²) >= 11 is 0. The molecule has 0 unspecified atom stereocenters. The van der Waals surface area contributed by atoms with E-state index < -0.39 is 0 Å². The molecule has 0 bridgehead atoms. The molecular formula is C22H21N3O2. The van der Waals surface area contributed by atoms with Crippen molar-refractivity contribution >= 4 is 17.3 Å². The number of ether oxygens (including phenoxy) is 1.